The normalized spacial score (nSPS) is 18.7. The molecule has 1 saturated heterocycles. The summed E-state index contributed by atoms with van der Waals surface area (Å²) in [6, 6.07) is 0.151. The summed E-state index contributed by atoms with van der Waals surface area (Å²) in [6.07, 6.45) is 0.780. The van der Waals surface area contributed by atoms with Crippen LogP contribution in [0.1, 0.15) is 43.4 Å². The molecule has 2 aromatic rings. The number of aromatic nitrogens is 4. The molecule has 0 radical (unpaired) electrons. The second kappa shape index (κ2) is 6.53. The average molecular weight is 306 g/mol. The maximum atomic E-state index is 5.57. The number of hydrogen-bond donors (Lipinski definition) is 0. The molecule has 0 saturated carbocycles. The zero-order valence-electron chi connectivity index (χ0n) is 13.3. The Morgan fingerprint density at radius 3 is 2.45 bits per heavy atom. The third kappa shape index (κ3) is 3.33. The Morgan fingerprint density at radius 1 is 1.14 bits per heavy atom. The van der Waals surface area contributed by atoms with Crippen molar-refractivity contribution in [1.82, 2.24) is 30.1 Å². The molecule has 0 N–H and O–H groups in total. The van der Waals surface area contributed by atoms with E-state index in [4.69, 9.17) is 8.94 Å². The van der Waals surface area contributed by atoms with Crippen LogP contribution >= 0.6 is 0 Å². The first-order valence-electron chi connectivity index (χ1n) is 7.73. The van der Waals surface area contributed by atoms with Crippen LogP contribution in [0.15, 0.2) is 8.94 Å². The third-order valence-electron chi connectivity index (χ3n) is 4.03. The summed E-state index contributed by atoms with van der Waals surface area (Å²) < 4.78 is 10.8. The number of piperazine rings is 1. The summed E-state index contributed by atoms with van der Waals surface area (Å²) in [5.74, 6) is 2.78. The van der Waals surface area contributed by atoms with E-state index in [2.05, 4.69) is 37.1 Å². The zero-order valence-corrected chi connectivity index (χ0v) is 13.3. The van der Waals surface area contributed by atoms with Gasteiger partial charge in [0.25, 0.3) is 0 Å². The molecule has 8 heteroatoms. The first kappa shape index (κ1) is 15.1. The second-order valence-electron chi connectivity index (χ2n) is 5.61. The van der Waals surface area contributed by atoms with Gasteiger partial charge in [-0.3, -0.25) is 9.80 Å². The van der Waals surface area contributed by atoms with Crippen molar-refractivity contribution in [2.24, 2.45) is 0 Å². The molecule has 120 valence electrons. The number of aryl methyl sites for hydroxylation is 2. The molecule has 3 heterocycles. The Balaban J connectivity index is 1.51. The van der Waals surface area contributed by atoms with E-state index in [-0.39, 0.29) is 6.04 Å². The minimum absolute atomic E-state index is 0.151. The summed E-state index contributed by atoms with van der Waals surface area (Å²) in [7, 11) is 0. The Labute approximate surface area is 129 Å². The Morgan fingerprint density at radius 2 is 1.86 bits per heavy atom. The van der Waals surface area contributed by atoms with Crippen molar-refractivity contribution in [2.75, 3.05) is 26.2 Å². The molecule has 0 bridgehead atoms. The fraction of sp³-hybridized carbons (Fsp3) is 0.714. The minimum atomic E-state index is 0.151. The maximum Gasteiger partial charge on any atom is 0.243 e. The van der Waals surface area contributed by atoms with E-state index in [1.165, 1.54) is 0 Å². The van der Waals surface area contributed by atoms with Crippen LogP contribution < -0.4 is 0 Å². The van der Waals surface area contributed by atoms with Crippen LogP contribution in [0.4, 0.5) is 0 Å². The van der Waals surface area contributed by atoms with Gasteiger partial charge in [0.2, 0.25) is 17.7 Å². The van der Waals surface area contributed by atoms with Crippen molar-refractivity contribution in [3.05, 3.63) is 23.5 Å². The van der Waals surface area contributed by atoms with Crippen molar-refractivity contribution in [1.29, 1.82) is 0 Å². The molecule has 8 nitrogen and oxygen atoms in total. The van der Waals surface area contributed by atoms with Crippen molar-refractivity contribution >= 4 is 0 Å². The number of rotatable bonds is 5. The van der Waals surface area contributed by atoms with Crippen molar-refractivity contribution < 1.29 is 8.94 Å². The molecule has 2 aromatic heterocycles. The van der Waals surface area contributed by atoms with E-state index in [0.29, 0.717) is 23.5 Å². The van der Waals surface area contributed by atoms with Crippen molar-refractivity contribution in [3.8, 4) is 0 Å². The van der Waals surface area contributed by atoms with Gasteiger partial charge in [0, 0.05) is 32.6 Å². The lowest BCUT2D eigenvalue weighted by atomic mass is 10.2. The van der Waals surface area contributed by atoms with Crippen molar-refractivity contribution in [3.63, 3.8) is 0 Å². The van der Waals surface area contributed by atoms with Gasteiger partial charge in [-0.05, 0) is 13.8 Å². The van der Waals surface area contributed by atoms with Crippen LogP contribution in [0.3, 0.4) is 0 Å². The first-order chi connectivity index (χ1) is 10.7. The quantitative estimate of drug-likeness (QED) is 0.815. The summed E-state index contributed by atoms with van der Waals surface area (Å²) in [6.45, 7) is 10.5. The number of nitrogens with zero attached hydrogens (tertiary/aromatic N) is 6. The molecule has 1 aliphatic heterocycles. The Kier molecular flexibility index (Phi) is 4.49. The van der Waals surface area contributed by atoms with Gasteiger partial charge in [-0.2, -0.15) is 4.98 Å². The fourth-order valence-electron chi connectivity index (χ4n) is 2.63. The highest BCUT2D eigenvalue weighted by Crippen LogP contribution is 2.20. The highest BCUT2D eigenvalue weighted by atomic mass is 16.5. The first-order valence-corrected chi connectivity index (χ1v) is 7.73. The van der Waals surface area contributed by atoms with Crippen LogP contribution in [0.5, 0.6) is 0 Å². The molecular formula is C14H22N6O2. The lowest BCUT2D eigenvalue weighted by molar-refractivity contribution is 0.0796. The van der Waals surface area contributed by atoms with Crippen LogP contribution in [-0.4, -0.2) is 56.3 Å². The predicted molar refractivity (Wildman–Crippen MR) is 78.0 cm³/mol. The molecule has 22 heavy (non-hydrogen) atoms. The third-order valence-corrected chi connectivity index (χ3v) is 4.03. The largest absolute Gasteiger partial charge is 0.424 e. The van der Waals surface area contributed by atoms with Gasteiger partial charge < -0.3 is 8.94 Å². The van der Waals surface area contributed by atoms with Crippen molar-refractivity contribution in [2.45, 2.75) is 39.8 Å². The highest BCUT2D eigenvalue weighted by Gasteiger charge is 2.26. The van der Waals surface area contributed by atoms with Gasteiger partial charge in [-0.1, -0.05) is 12.1 Å². The molecule has 1 fully saturated rings. The molecule has 0 unspecified atom stereocenters. The minimum Gasteiger partial charge on any atom is -0.424 e. The Hall–Kier alpha value is -1.80. The van der Waals surface area contributed by atoms with Gasteiger partial charge in [-0.15, -0.1) is 10.2 Å². The summed E-state index contributed by atoms with van der Waals surface area (Å²) in [5.41, 5.74) is 0. The van der Waals surface area contributed by atoms with Gasteiger partial charge in [-0.25, -0.2) is 0 Å². The standard InChI is InChI=1S/C14H22N6O2/c1-4-12-16-17-13(21-12)9-19-5-7-20(8-6-19)10(2)14-15-11(3)18-22-14/h10H,4-9H2,1-3H3/t10-/m1/s1. The molecule has 0 amide bonds. The lowest BCUT2D eigenvalue weighted by Crippen LogP contribution is -2.46. The van der Waals surface area contributed by atoms with Crippen LogP contribution in [0.25, 0.3) is 0 Å². The highest BCUT2D eigenvalue weighted by molar-refractivity contribution is 4.92. The topological polar surface area (TPSA) is 84.3 Å². The summed E-state index contributed by atoms with van der Waals surface area (Å²) in [4.78, 5) is 9.00. The molecule has 1 aliphatic rings. The molecular weight excluding hydrogens is 284 g/mol. The zero-order chi connectivity index (χ0) is 15.5. The van der Waals surface area contributed by atoms with E-state index in [0.717, 1.165) is 39.1 Å². The van der Waals surface area contributed by atoms with Crippen LogP contribution in [0, 0.1) is 6.92 Å². The van der Waals surface area contributed by atoms with E-state index in [9.17, 15) is 0 Å². The van der Waals surface area contributed by atoms with E-state index in [1.54, 1.807) is 0 Å². The maximum absolute atomic E-state index is 5.57. The van der Waals surface area contributed by atoms with E-state index >= 15 is 0 Å². The summed E-state index contributed by atoms with van der Waals surface area (Å²) in [5, 5.41) is 11.9. The fourth-order valence-corrected chi connectivity index (χ4v) is 2.63. The van der Waals surface area contributed by atoms with Gasteiger partial charge in [0.05, 0.1) is 12.6 Å². The van der Waals surface area contributed by atoms with Crippen LogP contribution in [-0.2, 0) is 13.0 Å². The molecule has 0 aromatic carbocycles. The monoisotopic (exact) mass is 306 g/mol. The summed E-state index contributed by atoms with van der Waals surface area (Å²) >= 11 is 0. The Bertz CT molecular complexity index is 602. The van der Waals surface area contributed by atoms with Gasteiger partial charge in [0.15, 0.2) is 5.82 Å². The predicted octanol–water partition coefficient (Wildman–Crippen LogP) is 1.20. The van der Waals surface area contributed by atoms with Crippen LogP contribution in [0.2, 0.25) is 0 Å². The smallest absolute Gasteiger partial charge is 0.243 e. The molecule has 3 rings (SSSR count). The average Bonchev–Trinajstić information content (AvgIpc) is 3.16. The lowest BCUT2D eigenvalue weighted by Gasteiger charge is -2.36. The second-order valence-corrected chi connectivity index (χ2v) is 5.61. The SMILES string of the molecule is CCc1nnc(CN2CCN([C@H](C)c3nc(C)no3)CC2)o1. The molecule has 0 aliphatic carbocycles. The van der Waals surface area contributed by atoms with E-state index < -0.39 is 0 Å². The number of hydrogen-bond acceptors (Lipinski definition) is 8. The van der Waals surface area contributed by atoms with Gasteiger partial charge >= 0.3 is 0 Å². The van der Waals surface area contributed by atoms with Gasteiger partial charge in [0.1, 0.15) is 0 Å². The van der Waals surface area contributed by atoms with E-state index in [1.807, 2.05) is 13.8 Å². The molecule has 0 spiro atoms. The molecule has 1 atom stereocenters.